The number of aromatic nitrogens is 3. The highest BCUT2D eigenvalue weighted by Crippen LogP contribution is 2.28. The van der Waals surface area contributed by atoms with E-state index in [0.29, 0.717) is 37.0 Å². The van der Waals surface area contributed by atoms with Crippen molar-refractivity contribution in [1.82, 2.24) is 30.2 Å². The average molecular weight is 386 g/mol. The number of pyridine rings is 1. The van der Waals surface area contributed by atoms with Crippen molar-refractivity contribution >= 4 is 11.9 Å². The number of nitrogens with one attached hydrogen (secondary N) is 1. The molecule has 0 aromatic carbocycles. The molecule has 150 valence electrons. The average Bonchev–Trinajstić information content (AvgIpc) is 3.23. The van der Waals surface area contributed by atoms with Crippen LogP contribution in [-0.2, 0) is 4.79 Å². The largest absolute Gasteiger partial charge is 0.344 e. The highest BCUT2D eigenvalue weighted by Gasteiger charge is 2.29. The van der Waals surface area contributed by atoms with Crippen LogP contribution in [0, 0.1) is 0 Å². The summed E-state index contributed by atoms with van der Waals surface area (Å²) >= 11 is 0. The normalized spacial score (nSPS) is 15.9. The van der Waals surface area contributed by atoms with Crippen molar-refractivity contribution in [3.05, 3.63) is 30.3 Å². The number of hydrogen-bond donors (Lipinski definition) is 1. The summed E-state index contributed by atoms with van der Waals surface area (Å²) in [6, 6.07) is 4.77. The molecule has 9 nitrogen and oxygen atoms in total. The number of nitrogens with zero attached hydrogens (tertiary/aromatic N) is 5. The number of urea groups is 1. The van der Waals surface area contributed by atoms with Crippen molar-refractivity contribution in [1.29, 1.82) is 0 Å². The highest BCUT2D eigenvalue weighted by molar-refractivity contribution is 5.86. The number of piperidine rings is 1. The van der Waals surface area contributed by atoms with Crippen LogP contribution in [0.5, 0.6) is 0 Å². The maximum absolute atomic E-state index is 12.4. The fourth-order valence-electron chi connectivity index (χ4n) is 3.15. The van der Waals surface area contributed by atoms with E-state index in [1.807, 2.05) is 25.1 Å². The van der Waals surface area contributed by atoms with Gasteiger partial charge in [-0.05, 0) is 38.8 Å². The molecule has 9 heteroatoms. The standard InChI is InChI=1S/C19H26N6O3/c1-4-24(3)18(26)13(2)21-19(27)25-11-8-14(9-12-25)17-22-16(23-28-17)15-7-5-6-10-20-15/h5-7,10,13-14H,4,8-9,11-12H2,1-3H3,(H,21,27)/t13-/m1/s1. The van der Waals surface area contributed by atoms with Crippen LogP contribution in [0.1, 0.15) is 38.5 Å². The molecule has 3 heterocycles. The Kier molecular flexibility index (Phi) is 6.23. The first kappa shape index (κ1) is 19.8. The van der Waals surface area contributed by atoms with Crippen LogP contribution in [0.25, 0.3) is 11.5 Å². The van der Waals surface area contributed by atoms with Gasteiger partial charge < -0.3 is 19.6 Å². The van der Waals surface area contributed by atoms with Crippen LogP contribution in [0.15, 0.2) is 28.9 Å². The van der Waals surface area contributed by atoms with E-state index in [1.54, 1.807) is 30.0 Å². The molecule has 2 aromatic rings. The summed E-state index contributed by atoms with van der Waals surface area (Å²) in [5, 5.41) is 6.80. The van der Waals surface area contributed by atoms with Crippen molar-refractivity contribution in [3.8, 4) is 11.5 Å². The zero-order valence-electron chi connectivity index (χ0n) is 16.5. The van der Waals surface area contributed by atoms with E-state index in [2.05, 4.69) is 20.4 Å². The molecule has 3 amide bonds. The van der Waals surface area contributed by atoms with Crippen LogP contribution < -0.4 is 5.32 Å². The minimum atomic E-state index is -0.549. The van der Waals surface area contributed by atoms with Gasteiger partial charge in [0.05, 0.1) is 0 Å². The smallest absolute Gasteiger partial charge is 0.318 e. The molecule has 0 aliphatic carbocycles. The van der Waals surface area contributed by atoms with Gasteiger partial charge in [-0.1, -0.05) is 11.2 Å². The fourth-order valence-corrected chi connectivity index (χ4v) is 3.15. The maximum atomic E-state index is 12.4. The van der Waals surface area contributed by atoms with E-state index in [4.69, 9.17) is 4.52 Å². The Hall–Kier alpha value is -2.97. The topological polar surface area (TPSA) is 104 Å². The van der Waals surface area contributed by atoms with Crippen molar-refractivity contribution in [2.24, 2.45) is 0 Å². The third kappa shape index (κ3) is 4.47. The van der Waals surface area contributed by atoms with Gasteiger partial charge in [0.2, 0.25) is 17.6 Å². The molecule has 3 rings (SSSR count). The highest BCUT2D eigenvalue weighted by atomic mass is 16.5. The van der Waals surface area contributed by atoms with E-state index < -0.39 is 6.04 Å². The van der Waals surface area contributed by atoms with Gasteiger partial charge in [-0.3, -0.25) is 9.78 Å². The van der Waals surface area contributed by atoms with Crippen LogP contribution in [0.3, 0.4) is 0 Å². The fraction of sp³-hybridized carbons (Fsp3) is 0.526. The summed E-state index contributed by atoms with van der Waals surface area (Å²) in [7, 11) is 1.72. The van der Waals surface area contributed by atoms with E-state index >= 15 is 0 Å². The van der Waals surface area contributed by atoms with Gasteiger partial charge in [-0.25, -0.2) is 4.79 Å². The van der Waals surface area contributed by atoms with E-state index in [9.17, 15) is 9.59 Å². The molecule has 1 aliphatic heterocycles. The first-order valence-corrected chi connectivity index (χ1v) is 9.55. The third-order valence-corrected chi connectivity index (χ3v) is 5.03. The molecule has 0 bridgehead atoms. The van der Waals surface area contributed by atoms with Gasteiger partial charge in [0.15, 0.2) is 0 Å². The minimum absolute atomic E-state index is 0.0985. The van der Waals surface area contributed by atoms with Gasteiger partial charge >= 0.3 is 6.03 Å². The SMILES string of the molecule is CCN(C)C(=O)[C@@H](C)NC(=O)N1CCC(c2nc(-c3ccccn3)no2)CC1. The van der Waals surface area contributed by atoms with Gasteiger partial charge in [0.1, 0.15) is 11.7 Å². The molecule has 1 aliphatic rings. The number of rotatable bonds is 5. The molecular formula is C19H26N6O3. The molecule has 2 aromatic heterocycles. The molecule has 1 fully saturated rings. The Morgan fingerprint density at radius 3 is 2.75 bits per heavy atom. The predicted octanol–water partition coefficient (Wildman–Crippen LogP) is 1.89. The van der Waals surface area contributed by atoms with Crippen molar-refractivity contribution in [3.63, 3.8) is 0 Å². The second kappa shape index (κ2) is 8.81. The number of amides is 3. The maximum Gasteiger partial charge on any atom is 0.318 e. The molecule has 1 N–H and O–H groups in total. The van der Waals surface area contributed by atoms with E-state index in [0.717, 1.165) is 12.8 Å². The molecular weight excluding hydrogens is 360 g/mol. The zero-order valence-corrected chi connectivity index (χ0v) is 16.5. The molecule has 28 heavy (non-hydrogen) atoms. The molecule has 0 unspecified atom stereocenters. The zero-order chi connectivity index (χ0) is 20.1. The summed E-state index contributed by atoms with van der Waals surface area (Å²) < 4.78 is 5.42. The first-order chi connectivity index (χ1) is 13.5. The van der Waals surface area contributed by atoms with E-state index in [-0.39, 0.29) is 17.9 Å². The second-order valence-electron chi connectivity index (χ2n) is 6.96. The van der Waals surface area contributed by atoms with Crippen molar-refractivity contribution in [2.45, 2.75) is 38.6 Å². The van der Waals surface area contributed by atoms with Gasteiger partial charge in [-0.15, -0.1) is 0 Å². The Labute approximate surface area is 164 Å². The van der Waals surface area contributed by atoms with Gasteiger partial charge in [-0.2, -0.15) is 4.98 Å². The lowest BCUT2D eigenvalue weighted by atomic mass is 9.97. The van der Waals surface area contributed by atoms with E-state index in [1.165, 1.54) is 0 Å². The van der Waals surface area contributed by atoms with Crippen molar-refractivity contribution < 1.29 is 14.1 Å². The summed E-state index contributed by atoms with van der Waals surface area (Å²) in [5.41, 5.74) is 0.671. The molecule has 1 saturated heterocycles. The van der Waals surface area contributed by atoms with Crippen LogP contribution in [-0.4, -0.2) is 69.6 Å². The number of likely N-dealkylation sites (tertiary alicyclic amines) is 1. The lowest BCUT2D eigenvalue weighted by Gasteiger charge is -2.31. The Morgan fingerprint density at radius 1 is 1.36 bits per heavy atom. The quantitative estimate of drug-likeness (QED) is 0.841. The van der Waals surface area contributed by atoms with Crippen LogP contribution >= 0.6 is 0 Å². The molecule has 0 saturated carbocycles. The van der Waals surface area contributed by atoms with Crippen LogP contribution in [0.4, 0.5) is 4.79 Å². The monoisotopic (exact) mass is 386 g/mol. The Bertz CT molecular complexity index is 801. The number of carbonyl (C=O) groups is 2. The van der Waals surface area contributed by atoms with Crippen LogP contribution in [0.2, 0.25) is 0 Å². The minimum Gasteiger partial charge on any atom is -0.344 e. The lowest BCUT2D eigenvalue weighted by molar-refractivity contribution is -0.131. The molecule has 0 spiro atoms. The molecule has 1 atom stereocenters. The summed E-state index contributed by atoms with van der Waals surface area (Å²) in [6.07, 6.45) is 3.15. The van der Waals surface area contributed by atoms with Crippen molar-refractivity contribution in [2.75, 3.05) is 26.7 Å². The summed E-state index contributed by atoms with van der Waals surface area (Å²) in [6.45, 7) is 5.35. The third-order valence-electron chi connectivity index (χ3n) is 5.03. The summed E-state index contributed by atoms with van der Waals surface area (Å²) in [4.78, 5) is 36.6. The van der Waals surface area contributed by atoms with Gasteiger partial charge in [0, 0.05) is 38.8 Å². The Morgan fingerprint density at radius 2 is 2.11 bits per heavy atom. The van der Waals surface area contributed by atoms with Gasteiger partial charge in [0.25, 0.3) is 0 Å². The number of carbonyl (C=O) groups excluding carboxylic acids is 2. The lowest BCUT2D eigenvalue weighted by Crippen LogP contribution is -2.51. The Balaban J connectivity index is 1.52. The predicted molar refractivity (Wildman–Crippen MR) is 102 cm³/mol. The summed E-state index contributed by atoms with van der Waals surface area (Å²) in [5.74, 6) is 1.06. The number of hydrogen-bond acceptors (Lipinski definition) is 6. The second-order valence-corrected chi connectivity index (χ2v) is 6.96. The number of likely N-dealkylation sites (N-methyl/N-ethyl adjacent to an activating group) is 1. The molecule has 0 radical (unpaired) electrons. The first-order valence-electron chi connectivity index (χ1n) is 9.55.